The number of carbonyl (C=O) groups is 2. The smallest absolute Gasteiger partial charge is 0.224 e. The van der Waals surface area contributed by atoms with E-state index < -0.39 is 0 Å². The Morgan fingerprint density at radius 3 is 2.00 bits per heavy atom. The molecule has 5 heteroatoms. The fourth-order valence-electron chi connectivity index (χ4n) is 2.61. The van der Waals surface area contributed by atoms with Crippen molar-refractivity contribution in [3.8, 4) is 0 Å². The molecule has 0 saturated carbocycles. The third-order valence-electron chi connectivity index (χ3n) is 4.13. The molecule has 0 aliphatic carbocycles. The van der Waals surface area contributed by atoms with Crippen LogP contribution in [0.1, 0.15) is 44.1 Å². The molecule has 0 saturated heterocycles. The van der Waals surface area contributed by atoms with Gasteiger partial charge in [-0.05, 0) is 44.0 Å². The van der Waals surface area contributed by atoms with Crippen LogP contribution in [0.3, 0.4) is 0 Å². The van der Waals surface area contributed by atoms with E-state index in [-0.39, 0.29) is 11.8 Å². The molecule has 0 heterocycles. The molecule has 0 aliphatic heterocycles. The molecule has 0 aromatic heterocycles. The number of nitrogen functional groups attached to an aromatic ring is 1. The van der Waals surface area contributed by atoms with E-state index in [4.69, 9.17) is 5.73 Å². The standard InChI is InChI=1S/C21H27N3O2/c1-16-12-14-17(15-13-16)23-20(25)10-4-2-3-5-11-21(26)24-19-9-7-6-8-18(19)22/h6-9,12-15H,2-5,10-11,22H2,1H3,(H,23,25)(H,24,26). The summed E-state index contributed by atoms with van der Waals surface area (Å²) in [6.45, 7) is 2.01. The minimum atomic E-state index is -0.0278. The van der Waals surface area contributed by atoms with E-state index in [1.807, 2.05) is 43.3 Å². The van der Waals surface area contributed by atoms with Gasteiger partial charge in [0.25, 0.3) is 0 Å². The summed E-state index contributed by atoms with van der Waals surface area (Å²) in [6.07, 6.45) is 4.45. The fraction of sp³-hybridized carbons (Fsp3) is 0.333. The Hall–Kier alpha value is -2.82. The predicted octanol–water partition coefficient (Wildman–Crippen LogP) is 4.50. The summed E-state index contributed by atoms with van der Waals surface area (Å²) < 4.78 is 0. The van der Waals surface area contributed by atoms with E-state index in [0.29, 0.717) is 24.2 Å². The molecule has 2 aromatic rings. The van der Waals surface area contributed by atoms with Crippen LogP contribution < -0.4 is 16.4 Å². The van der Waals surface area contributed by atoms with Crippen LogP contribution in [-0.4, -0.2) is 11.8 Å². The first kappa shape index (κ1) is 19.5. The summed E-state index contributed by atoms with van der Waals surface area (Å²) in [6, 6.07) is 15.0. The maximum absolute atomic E-state index is 11.9. The Balaban J connectivity index is 1.55. The third-order valence-corrected chi connectivity index (χ3v) is 4.13. The van der Waals surface area contributed by atoms with Crippen molar-refractivity contribution in [3.05, 3.63) is 54.1 Å². The first-order valence-electron chi connectivity index (χ1n) is 9.05. The van der Waals surface area contributed by atoms with Crippen LogP contribution in [0, 0.1) is 6.92 Å². The average molecular weight is 353 g/mol. The molecule has 138 valence electrons. The van der Waals surface area contributed by atoms with Crippen molar-refractivity contribution in [2.75, 3.05) is 16.4 Å². The summed E-state index contributed by atoms with van der Waals surface area (Å²) in [4.78, 5) is 23.8. The maximum Gasteiger partial charge on any atom is 0.224 e. The van der Waals surface area contributed by atoms with Gasteiger partial charge in [0.1, 0.15) is 0 Å². The highest BCUT2D eigenvalue weighted by Gasteiger charge is 2.05. The Morgan fingerprint density at radius 1 is 0.808 bits per heavy atom. The zero-order valence-corrected chi connectivity index (χ0v) is 15.3. The summed E-state index contributed by atoms with van der Waals surface area (Å²) >= 11 is 0. The van der Waals surface area contributed by atoms with Crippen molar-refractivity contribution in [2.24, 2.45) is 0 Å². The number of amides is 2. The van der Waals surface area contributed by atoms with Crippen LogP contribution in [-0.2, 0) is 9.59 Å². The van der Waals surface area contributed by atoms with E-state index in [9.17, 15) is 9.59 Å². The van der Waals surface area contributed by atoms with E-state index >= 15 is 0 Å². The molecule has 26 heavy (non-hydrogen) atoms. The largest absolute Gasteiger partial charge is 0.397 e. The molecule has 5 nitrogen and oxygen atoms in total. The van der Waals surface area contributed by atoms with E-state index in [0.717, 1.165) is 31.4 Å². The number of nitrogens with two attached hydrogens (primary N) is 1. The van der Waals surface area contributed by atoms with Gasteiger partial charge in [-0.3, -0.25) is 9.59 Å². The number of benzene rings is 2. The number of hydrogen-bond acceptors (Lipinski definition) is 3. The highest BCUT2D eigenvalue weighted by Crippen LogP contribution is 2.17. The van der Waals surface area contributed by atoms with Gasteiger partial charge in [0.05, 0.1) is 11.4 Å². The highest BCUT2D eigenvalue weighted by molar-refractivity contribution is 5.93. The van der Waals surface area contributed by atoms with Crippen molar-refractivity contribution in [3.63, 3.8) is 0 Å². The summed E-state index contributed by atoms with van der Waals surface area (Å²) in [5.41, 5.74) is 9.03. The first-order chi connectivity index (χ1) is 12.5. The van der Waals surface area contributed by atoms with E-state index in [2.05, 4.69) is 10.6 Å². The van der Waals surface area contributed by atoms with Crippen molar-refractivity contribution in [2.45, 2.75) is 45.4 Å². The number of nitrogens with one attached hydrogen (secondary N) is 2. The summed E-state index contributed by atoms with van der Waals surface area (Å²) in [5, 5.41) is 5.72. The van der Waals surface area contributed by atoms with E-state index in [1.54, 1.807) is 12.1 Å². The van der Waals surface area contributed by atoms with Crippen molar-refractivity contribution < 1.29 is 9.59 Å². The molecule has 0 unspecified atom stereocenters. The second-order valence-electron chi connectivity index (χ2n) is 6.46. The molecule has 2 rings (SSSR count). The number of hydrogen-bond donors (Lipinski definition) is 3. The van der Waals surface area contributed by atoms with Gasteiger partial charge < -0.3 is 16.4 Å². The lowest BCUT2D eigenvalue weighted by molar-refractivity contribution is -0.117. The predicted molar refractivity (Wildman–Crippen MR) is 107 cm³/mol. The van der Waals surface area contributed by atoms with Gasteiger partial charge in [-0.2, -0.15) is 0 Å². The van der Waals surface area contributed by atoms with Gasteiger partial charge in [0, 0.05) is 18.5 Å². The lowest BCUT2D eigenvalue weighted by atomic mass is 10.1. The number of rotatable bonds is 9. The van der Waals surface area contributed by atoms with Crippen LogP contribution >= 0.6 is 0 Å². The number of aryl methyl sites for hydroxylation is 1. The molecular formula is C21H27N3O2. The summed E-state index contributed by atoms with van der Waals surface area (Å²) in [7, 11) is 0. The fourth-order valence-corrected chi connectivity index (χ4v) is 2.61. The lowest BCUT2D eigenvalue weighted by Gasteiger charge is -2.08. The van der Waals surface area contributed by atoms with Crippen LogP contribution in [0.2, 0.25) is 0 Å². The topological polar surface area (TPSA) is 84.2 Å². The van der Waals surface area contributed by atoms with E-state index in [1.165, 1.54) is 5.56 Å². The van der Waals surface area contributed by atoms with Crippen molar-refractivity contribution in [1.29, 1.82) is 0 Å². The quantitative estimate of drug-likeness (QED) is 0.458. The SMILES string of the molecule is Cc1ccc(NC(=O)CCCCCCC(=O)Nc2ccccc2N)cc1. The van der Waals surface area contributed by atoms with Gasteiger partial charge in [-0.25, -0.2) is 0 Å². The maximum atomic E-state index is 11.9. The zero-order chi connectivity index (χ0) is 18.8. The zero-order valence-electron chi connectivity index (χ0n) is 15.3. The highest BCUT2D eigenvalue weighted by atomic mass is 16.2. The third kappa shape index (κ3) is 6.97. The number of para-hydroxylation sites is 2. The monoisotopic (exact) mass is 353 g/mol. The number of carbonyl (C=O) groups excluding carboxylic acids is 2. The average Bonchev–Trinajstić information content (AvgIpc) is 2.62. The second-order valence-corrected chi connectivity index (χ2v) is 6.46. The molecule has 0 fully saturated rings. The van der Waals surface area contributed by atoms with Gasteiger partial charge in [-0.1, -0.05) is 42.7 Å². The molecule has 4 N–H and O–H groups in total. The van der Waals surface area contributed by atoms with Crippen LogP contribution in [0.4, 0.5) is 17.1 Å². The second kappa shape index (κ2) is 10.2. The van der Waals surface area contributed by atoms with Crippen molar-refractivity contribution >= 4 is 28.9 Å². The Kier molecular flexibility index (Phi) is 7.68. The minimum Gasteiger partial charge on any atom is -0.397 e. The number of anilines is 3. The molecule has 2 aromatic carbocycles. The molecule has 0 aliphatic rings. The molecule has 0 spiro atoms. The Labute approximate surface area is 155 Å². The Morgan fingerprint density at radius 2 is 1.38 bits per heavy atom. The molecule has 0 radical (unpaired) electrons. The molecular weight excluding hydrogens is 326 g/mol. The normalized spacial score (nSPS) is 10.3. The molecule has 0 bridgehead atoms. The van der Waals surface area contributed by atoms with Gasteiger partial charge in [0.2, 0.25) is 11.8 Å². The Bertz CT molecular complexity index is 726. The molecule has 2 amide bonds. The van der Waals surface area contributed by atoms with Gasteiger partial charge in [0.15, 0.2) is 0 Å². The summed E-state index contributed by atoms with van der Waals surface area (Å²) in [5.74, 6) is 0.00571. The minimum absolute atomic E-state index is 0.0278. The van der Waals surface area contributed by atoms with Crippen LogP contribution in [0.5, 0.6) is 0 Å². The van der Waals surface area contributed by atoms with Gasteiger partial charge in [-0.15, -0.1) is 0 Å². The van der Waals surface area contributed by atoms with Crippen LogP contribution in [0.25, 0.3) is 0 Å². The van der Waals surface area contributed by atoms with Gasteiger partial charge >= 0.3 is 0 Å². The number of unbranched alkanes of at least 4 members (excludes halogenated alkanes) is 3. The van der Waals surface area contributed by atoms with Crippen LogP contribution in [0.15, 0.2) is 48.5 Å². The first-order valence-corrected chi connectivity index (χ1v) is 9.05. The van der Waals surface area contributed by atoms with Crippen molar-refractivity contribution in [1.82, 2.24) is 0 Å². The lowest BCUT2D eigenvalue weighted by Crippen LogP contribution is -2.12. The molecule has 0 atom stereocenters.